The lowest BCUT2D eigenvalue weighted by Gasteiger charge is -2.06. The second-order valence-electron chi connectivity index (χ2n) is 2.79. The zero-order chi connectivity index (χ0) is 11.5. The zero-order valence-corrected chi connectivity index (χ0v) is 8.99. The Bertz CT molecular complexity index is 374. The molecular weight excluding hydrogens is 225 g/mol. The van der Waals surface area contributed by atoms with Crippen LogP contribution < -0.4 is 0 Å². The quantitative estimate of drug-likeness (QED) is 0.580. The Kier molecular flexibility index (Phi) is 3.73. The van der Waals surface area contributed by atoms with Crippen LogP contribution in [0.15, 0.2) is 22.7 Å². The Hall–Kier alpha value is -1.04. The molecule has 0 saturated carbocycles. The van der Waals surface area contributed by atoms with Gasteiger partial charge in [-0.05, 0) is 36.6 Å². The lowest BCUT2D eigenvalue weighted by atomic mass is 10.1. The van der Waals surface area contributed by atoms with Crippen molar-refractivity contribution in [1.82, 2.24) is 4.98 Å². The molecule has 0 saturated heterocycles. The number of rotatable bonds is 2. The first-order valence-electron chi connectivity index (χ1n) is 4.06. The van der Waals surface area contributed by atoms with Crippen LogP contribution in [0.25, 0.3) is 0 Å². The van der Waals surface area contributed by atoms with E-state index >= 15 is 0 Å². The molecule has 15 heavy (non-hydrogen) atoms. The highest BCUT2D eigenvalue weighted by Crippen LogP contribution is 2.27. The van der Waals surface area contributed by atoms with Crippen molar-refractivity contribution >= 4 is 17.7 Å². The highest BCUT2D eigenvalue weighted by Gasteiger charge is 2.32. The van der Waals surface area contributed by atoms with E-state index in [0.717, 1.165) is 12.3 Å². The second kappa shape index (κ2) is 4.65. The van der Waals surface area contributed by atoms with Crippen molar-refractivity contribution in [2.24, 2.45) is 4.40 Å². The van der Waals surface area contributed by atoms with E-state index in [1.54, 1.807) is 13.2 Å². The van der Waals surface area contributed by atoms with Crippen molar-refractivity contribution in [2.45, 2.75) is 13.1 Å². The Morgan fingerprint density at radius 3 is 2.67 bits per heavy atom. The van der Waals surface area contributed by atoms with Gasteiger partial charge in [0.25, 0.3) is 0 Å². The maximum Gasteiger partial charge on any atom is 0.433 e. The highest BCUT2D eigenvalue weighted by atomic mass is 32.2. The van der Waals surface area contributed by atoms with Crippen LogP contribution in [0.4, 0.5) is 13.2 Å². The van der Waals surface area contributed by atoms with Crippen LogP contribution in [0.2, 0.25) is 0 Å². The largest absolute Gasteiger partial charge is 0.433 e. The van der Waals surface area contributed by atoms with E-state index < -0.39 is 11.9 Å². The summed E-state index contributed by atoms with van der Waals surface area (Å²) in [7, 11) is 0. The topological polar surface area (TPSA) is 25.2 Å². The summed E-state index contributed by atoms with van der Waals surface area (Å²) < 4.78 is 40.9. The minimum atomic E-state index is -4.41. The SMILES string of the molecule is CS/N=C(\C)c1ccnc(C(F)(F)F)c1. The smallest absolute Gasteiger partial charge is 0.252 e. The Balaban J connectivity index is 3.08. The van der Waals surface area contributed by atoms with Crippen molar-refractivity contribution in [3.8, 4) is 0 Å². The third-order valence-corrected chi connectivity index (χ3v) is 2.15. The molecular formula is C9H9F3N2S. The molecule has 0 unspecified atom stereocenters. The molecule has 0 aliphatic heterocycles. The number of halogens is 3. The monoisotopic (exact) mass is 234 g/mol. The van der Waals surface area contributed by atoms with Gasteiger partial charge < -0.3 is 0 Å². The Morgan fingerprint density at radius 2 is 2.13 bits per heavy atom. The molecule has 0 spiro atoms. The first kappa shape index (κ1) is 12.0. The minimum Gasteiger partial charge on any atom is -0.252 e. The van der Waals surface area contributed by atoms with E-state index in [4.69, 9.17) is 0 Å². The van der Waals surface area contributed by atoms with E-state index in [9.17, 15) is 13.2 Å². The average molecular weight is 234 g/mol. The molecule has 6 heteroatoms. The van der Waals surface area contributed by atoms with Gasteiger partial charge in [-0.3, -0.25) is 4.98 Å². The van der Waals surface area contributed by atoms with E-state index in [1.165, 1.54) is 18.0 Å². The van der Waals surface area contributed by atoms with E-state index in [0.29, 0.717) is 11.3 Å². The molecule has 1 rings (SSSR count). The summed E-state index contributed by atoms with van der Waals surface area (Å²) >= 11 is 1.20. The van der Waals surface area contributed by atoms with Crippen LogP contribution in [-0.4, -0.2) is 17.0 Å². The van der Waals surface area contributed by atoms with Crippen LogP contribution in [0, 0.1) is 0 Å². The zero-order valence-electron chi connectivity index (χ0n) is 8.17. The number of hydrogen-bond donors (Lipinski definition) is 0. The maximum atomic E-state index is 12.3. The average Bonchev–Trinajstić information content (AvgIpc) is 2.17. The molecule has 82 valence electrons. The number of hydrogen-bond acceptors (Lipinski definition) is 3. The van der Waals surface area contributed by atoms with Crippen molar-refractivity contribution in [3.05, 3.63) is 29.6 Å². The Labute approximate surface area is 89.8 Å². The molecule has 0 radical (unpaired) electrons. The molecule has 0 fully saturated rings. The van der Waals surface area contributed by atoms with Crippen molar-refractivity contribution < 1.29 is 13.2 Å². The Morgan fingerprint density at radius 1 is 1.47 bits per heavy atom. The summed E-state index contributed by atoms with van der Waals surface area (Å²) in [4.78, 5) is 3.27. The van der Waals surface area contributed by atoms with Gasteiger partial charge in [-0.2, -0.15) is 13.2 Å². The van der Waals surface area contributed by atoms with Crippen LogP contribution in [-0.2, 0) is 6.18 Å². The van der Waals surface area contributed by atoms with Gasteiger partial charge in [-0.25, -0.2) is 4.40 Å². The number of pyridine rings is 1. The lowest BCUT2D eigenvalue weighted by Crippen LogP contribution is -2.09. The summed E-state index contributed by atoms with van der Waals surface area (Å²) in [5, 5.41) is 0. The van der Waals surface area contributed by atoms with E-state index in [-0.39, 0.29) is 0 Å². The second-order valence-corrected chi connectivity index (χ2v) is 3.33. The summed E-state index contributed by atoms with van der Waals surface area (Å²) in [6, 6.07) is 2.50. The van der Waals surface area contributed by atoms with E-state index in [2.05, 4.69) is 9.38 Å². The maximum absolute atomic E-state index is 12.3. The van der Waals surface area contributed by atoms with Crippen LogP contribution in [0.3, 0.4) is 0 Å². The standard InChI is InChI=1S/C9H9F3N2S/c1-6(14-15-2)7-3-4-13-8(5-7)9(10,11)12/h3-5H,1-2H3/b14-6+. The van der Waals surface area contributed by atoms with Crippen LogP contribution in [0.1, 0.15) is 18.2 Å². The van der Waals surface area contributed by atoms with Gasteiger partial charge in [0.2, 0.25) is 0 Å². The van der Waals surface area contributed by atoms with Gasteiger partial charge in [0, 0.05) is 12.5 Å². The molecule has 1 aromatic rings. The minimum absolute atomic E-state index is 0.437. The molecule has 0 amide bonds. The predicted molar refractivity (Wildman–Crippen MR) is 55.0 cm³/mol. The van der Waals surface area contributed by atoms with Crippen LogP contribution in [0.5, 0.6) is 0 Å². The third kappa shape index (κ3) is 3.23. The van der Waals surface area contributed by atoms with Gasteiger partial charge in [0.15, 0.2) is 0 Å². The molecule has 1 aromatic heterocycles. The lowest BCUT2D eigenvalue weighted by molar-refractivity contribution is -0.141. The van der Waals surface area contributed by atoms with Crippen molar-refractivity contribution in [1.29, 1.82) is 0 Å². The fraction of sp³-hybridized carbons (Fsp3) is 0.333. The van der Waals surface area contributed by atoms with E-state index in [1.807, 2.05) is 0 Å². The molecule has 0 aliphatic carbocycles. The fourth-order valence-electron chi connectivity index (χ4n) is 1.00. The van der Waals surface area contributed by atoms with Gasteiger partial charge >= 0.3 is 6.18 Å². The van der Waals surface area contributed by atoms with Gasteiger partial charge in [-0.1, -0.05) is 0 Å². The normalized spacial score (nSPS) is 13.0. The summed E-state index contributed by atoms with van der Waals surface area (Å²) in [6.07, 6.45) is -1.53. The molecule has 0 bridgehead atoms. The first-order chi connectivity index (χ1) is 6.95. The third-order valence-electron chi connectivity index (χ3n) is 1.70. The molecule has 2 nitrogen and oxygen atoms in total. The molecule has 1 heterocycles. The van der Waals surface area contributed by atoms with Gasteiger partial charge in [0.1, 0.15) is 5.69 Å². The highest BCUT2D eigenvalue weighted by molar-refractivity contribution is 7.97. The van der Waals surface area contributed by atoms with Crippen LogP contribution >= 0.6 is 11.9 Å². The molecule has 0 aromatic carbocycles. The predicted octanol–water partition coefficient (Wildman–Crippen LogP) is 3.19. The summed E-state index contributed by atoms with van der Waals surface area (Å²) in [5.41, 5.74) is 0.0951. The number of aromatic nitrogens is 1. The van der Waals surface area contributed by atoms with Crippen molar-refractivity contribution in [3.63, 3.8) is 0 Å². The van der Waals surface area contributed by atoms with Crippen molar-refractivity contribution in [2.75, 3.05) is 6.26 Å². The first-order valence-corrected chi connectivity index (χ1v) is 5.24. The number of alkyl halides is 3. The van der Waals surface area contributed by atoms with Gasteiger partial charge in [0.05, 0.1) is 5.71 Å². The summed E-state index contributed by atoms with van der Waals surface area (Å²) in [6.45, 7) is 1.66. The molecule has 0 atom stereocenters. The molecule has 0 N–H and O–H groups in total. The fourth-order valence-corrected chi connectivity index (χ4v) is 1.38. The van der Waals surface area contributed by atoms with Gasteiger partial charge in [-0.15, -0.1) is 0 Å². The summed E-state index contributed by atoms with van der Waals surface area (Å²) in [5.74, 6) is 0. The number of nitrogens with zero attached hydrogens (tertiary/aromatic N) is 2. The molecule has 0 aliphatic rings.